The largest absolute Gasteiger partial charge is 0.467 e. The maximum atomic E-state index is 12.0. The highest BCUT2D eigenvalue weighted by Gasteiger charge is 2.23. The van der Waals surface area contributed by atoms with E-state index in [1.54, 1.807) is 12.1 Å². The molecule has 10 nitrogen and oxygen atoms in total. The van der Waals surface area contributed by atoms with Crippen LogP contribution in [0.25, 0.3) is 6.08 Å². The first-order valence-electron chi connectivity index (χ1n) is 14.5. The van der Waals surface area contributed by atoms with E-state index in [4.69, 9.17) is 14.2 Å². The molecule has 0 heterocycles. The molecule has 2 amide bonds. The van der Waals surface area contributed by atoms with Crippen LogP contribution < -0.4 is 10.6 Å². The molecule has 0 bridgehead atoms. The van der Waals surface area contributed by atoms with Crippen molar-refractivity contribution in [3.8, 4) is 0 Å². The summed E-state index contributed by atoms with van der Waals surface area (Å²) in [6.07, 6.45) is 0.433. The zero-order valence-corrected chi connectivity index (χ0v) is 29.9. The molecule has 4 aromatic carbocycles. The van der Waals surface area contributed by atoms with Gasteiger partial charge < -0.3 is 24.3 Å². The first-order valence-corrected chi connectivity index (χ1v) is 16.1. The lowest BCUT2D eigenvalue weighted by atomic mass is 10.1. The van der Waals surface area contributed by atoms with E-state index < -0.39 is 30.2 Å². The van der Waals surface area contributed by atoms with E-state index in [1.807, 2.05) is 97.1 Å². The number of benzene rings is 4. The molecule has 261 valence electrons. The summed E-state index contributed by atoms with van der Waals surface area (Å²) in [5.41, 5.74) is 3.34. The number of alkyl carbamates (subject to hydrolysis) is 2. The third kappa shape index (κ3) is 16.0. The van der Waals surface area contributed by atoms with Gasteiger partial charge in [-0.3, -0.25) is 5.32 Å². The molecule has 4 rings (SSSR count). The van der Waals surface area contributed by atoms with Crippen LogP contribution >= 0.6 is 31.9 Å². The second kappa shape index (κ2) is 23.5. The molecule has 0 aliphatic heterocycles. The van der Waals surface area contributed by atoms with Crippen LogP contribution in [0.1, 0.15) is 29.7 Å². The van der Waals surface area contributed by atoms with Crippen LogP contribution in [0.5, 0.6) is 0 Å². The molecular weight excluding hydrogens is 771 g/mol. The Kier molecular flexibility index (Phi) is 20.3. The molecule has 0 spiro atoms. The number of carbonyl (C=O) groups is 4. The molecule has 0 aromatic heterocycles. The Bertz CT molecular complexity index is 1690. The van der Waals surface area contributed by atoms with Gasteiger partial charge in [-0.15, -0.1) is 0 Å². The number of ether oxygens (including phenoxy) is 4. The molecule has 4 aromatic rings. The van der Waals surface area contributed by atoms with E-state index in [-0.39, 0.29) is 34.8 Å². The molecular formula is C37H38BBr2N2O8. The van der Waals surface area contributed by atoms with Crippen molar-refractivity contribution in [1.82, 2.24) is 10.6 Å². The topological polar surface area (TPSA) is 129 Å². The number of hydrogen-bond acceptors (Lipinski definition) is 8. The average Bonchev–Trinajstić information content (AvgIpc) is 3.10. The minimum absolute atomic E-state index is 0. The van der Waals surface area contributed by atoms with Gasteiger partial charge in [-0.05, 0) is 52.6 Å². The van der Waals surface area contributed by atoms with Crippen LogP contribution in [0.2, 0.25) is 0 Å². The quantitative estimate of drug-likeness (QED) is 0.0687. The van der Waals surface area contributed by atoms with Gasteiger partial charge in [0.05, 0.1) is 14.2 Å². The summed E-state index contributed by atoms with van der Waals surface area (Å²) < 4.78 is 21.5. The van der Waals surface area contributed by atoms with Gasteiger partial charge in [-0.25, -0.2) is 19.2 Å². The Labute approximate surface area is 311 Å². The van der Waals surface area contributed by atoms with Gasteiger partial charge in [-0.1, -0.05) is 124 Å². The van der Waals surface area contributed by atoms with Crippen molar-refractivity contribution < 1.29 is 38.1 Å². The number of rotatable bonds is 11. The summed E-state index contributed by atoms with van der Waals surface area (Å²) in [7, 11) is 2.53. The second-order valence-corrected chi connectivity index (χ2v) is 11.7. The Hall–Kier alpha value is -4.88. The van der Waals surface area contributed by atoms with Gasteiger partial charge in [-0.2, -0.15) is 0 Å². The van der Waals surface area contributed by atoms with Crippen molar-refractivity contribution >= 4 is 70.5 Å². The fourth-order valence-electron chi connectivity index (χ4n) is 4.03. The van der Waals surface area contributed by atoms with Crippen molar-refractivity contribution in [3.63, 3.8) is 0 Å². The molecule has 50 heavy (non-hydrogen) atoms. The summed E-state index contributed by atoms with van der Waals surface area (Å²) in [6, 6.07) is 32.5. The Morgan fingerprint density at radius 2 is 1.20 bits per heavy atom. The third-order valence-corrected chi connectivity index (χ3v) is 7.32. The highest BCUT2D eigenvalue weighted by atomic mass is 79.9. The Morgan fingerprint density at radius 3 is 1.72 bits per heavy atom. The number of hydrogen-bond donors (Lipinski definition) is 2. The highest BCUT2D eigenvalue weighted by Crippen LogP contribution is 2.15. The lowest BCUT2D eigenvalue weighted by Crippen LogP contribution is -2.43. The first kappa shape index (κ1) is 43.1. The summed E-state index contributed by atoms with van der Waals surface area (Å²) in [5, 5.41) is 4.97. The molecule has 0 unspecified atom stereocenters. The summed E-state index contributed by atoms with van der Waals surface area (Å²) >= 11 is 6.73. The number of halogens is 2. The lowest BCUT2D eigenvalue weighted by molar-refractivity contribution is -0.143. The average molecular weight is 809 g/mol. The molecule has 3 radical (unpaired) electrons. The van der Waals surface area contributed by atoms with Gasteiger partial charge in [0.15, 0.2) is 0 Å². The molecule has 1 atom stereocenters. The monoisotopic (exact) mass is 807 g/mol. The van der Waals surface area contributed by atoms with Crippen LogP contribution in [0, 0.1) is 0 Å². The van der Waals surface area contributed by atoms with Gasteiger partial charge in [0.2, 0.25) is 0 Å². The van der Waals surface area contributed by atoms with Crippen molar-refractivity contribution in [3.05, 3.63) is 146 Å². The number of nitrogens with one attached hydrogen (secondary N) is 2. The van der Waals surface area contributed by atoms with E-state index in [0.29, 0.717) is 6.42 Å². The van der Waals surface area contributed by atoms with E-state index in [1.165, 1.54) is 20.3 Å². The zero-order valence-electron chi connectivity index (χ0n) is 26.8. The second-order valence-electron chi connectivity index (χ2n) is 9.91. The zero-order chi connectivity index (χ0) is 34.7. The van der Waals surface area contributed by atoms with Crippen LogP contribution in [0.4, 0.5) is 9.59 Å². The number of carbonyl (C=O) groups excluding carboxylic acids is 4. The van der Waals surface area contributed by atoms with Gasteiger partial charge >= 0.3 is 24.1 Å². The normalized spacial score (nSPS) is 10.7. The number of methoxy groups -OCH3 is 2. The predicted octanol–water partition coefficient (Wildman–Crippen LogP) is 7.60. The van der Waals surface area contributed by atoms with E-state index >= 15 is 0 Å². The van der Waals surface area contributed by atoms with E-state index in [2.05, 4.69) is 47.2 Å². The van der Waals surface area contributed by atoms with Gasteiger partial charge in [0.25, 0.3) is 0 Å². The van der Waals surface area contributed by atoms with Gasteiger partial charge in [0, 0.05) is 23.8 Å². The number of amides is 2. The predicted molar refractivity (Wildman–Crippen MR) is 200 cm³/mol. The molecule has 0 aliphatic carbocycles. The standard InChI is InChI=1S/C18H18BrNO4.C18H16BrNO4.CH4.B/c2*1-23-17(21)16(11-14-8-5-9-15(19)10-14)20-18(22)24-12-13-6-3-2-4-7-13;;/h2-10,16H,11-12H2,1H3,(H,20,22);2-11H,12H2,1H3,(H,20,22);1H4;/b;16-11+;;/t16-;;;/m0.../s1. The Balaban J connectivity index is 0.000000481. The third-order valence-electron chi connectivity index (χ3n) is 6.33. The fraction of sp³-hybridized carbons (Fsp3) is 0.189. The minimum atomic E-state index is -0.812. The maximum absolute atomic E-state index is 12.0. The molecule has 0 aliphatic rings. The smallest absolute Gasteiger partial charge is 0.412 e. The SMILES string of the molecule is C.COC(=O)/C(=C\c1cccc(Br)c1)NC(=O)OCc1ccccc1.COC(=O)[C@H](Cc1cccc(Br)c1)NC(=O)OCc1ccccc1.[B]. The van der Waals surface area contributed by atoms with Crippen molar-refractivity contribution in [2.24, 2.45) is 0 Å². The minimum Gasteiger partial charge on any atom is -0.467 e. The van der Waals surface area contributed by atoms with E-state index in [9.17, 15) is 19.2 Å². The summed E-state index contributed by atoms with van der Waals surface area (Å²) in [4.78, 5) is 47.6. The lowest BCUT2D eigenvalue weighted by Gasteiger charge is -2.16. The summed E-state index contributed by atoms with van der Waals surface area (Å²) in [5.74, 6) is -1.18. The maximum Gasteiger partial charge on any atom is 0.412 e. The van der Waals surface area contributed by atoms with E-state index in [0.717, 1.165) is 31.2 Å². The first-order chi connectivity index (χ1) is 23.2. The van der Waals surface area contributed by atoms with Gasteiger partial charge in [0.1, 0.15) is 25.0 Å². The van der Waals surface area contributed by atoms with Crippen molar-refractivity contribution in [2.45, 2.75) is 33.1 Å². The van der Waals surface area contributed by atoms with Crippen molar-refractivity contribution in [2.75, 3.05) is 14.2 Å². The Morgan fingerprint density at radius 1 is 0.680 bits per heavy atom. The van der Waals surface area contributed by atoms with Crippen LogP contribution in [-0.2, 0) is 48.2 Å². The van der Waals surface area contributed by atoms with Crippen LogP contribution in [0.15, 0.2) is 124 Å². The van der Waals surface area contributed by atoms with Crippen LogP contribution in [0.3, 0.4) is 0 Å². The van der Waals surface area contributed by atoms with Crippen molar-refractivity contribution in [1.29, 1.82) is 0 Å². The molecule has 0 saturated carbocycles. The fourth-order valence-corrected chi connectivity index (χ4v) is 4.89. The molecule has 13 heteroatoms. The molecule has 0 saturated heterocycles. The number of esters is 2. The molecule has 0 fully saturated rings. The molecule has 2 N–H and O–H groups in total. The highest BCUT2D eigenvalue weighted by molar-refractivity contribution is 9.10. The summed E-state index contributed by atoms with van der Waals surface area (Å²) in [6.45, 7) is 0.245. The van der Waals surface area contributed by atoms with Crippen LogP contribution in [-0.4, -0.2) is 52.8 Å².